The van der Waals surface area contributed by atoms with Crippen molar-refractivity contribution in [3.63, 3.8) is 0 Å². The van der Waals surface area contributed by atoms with E-state index in [9.17, 15) is 9.59 Å². The molecule has 1 aromatic carbocycles. The summed E-state index contributed by atoms with van der Waals surface area (Å²) in [6.07, 6.45) is 0.307. The zero-order valence-corrected chi connectivity index (χ0v) is 14.2. The summed E-state index contributed by atoms with van der Waals surface area (Å²) in [5.41, 5.74) is 1.85. The minimum absolute atomic E-state index is 0.0110. The van der Waals surface area contributed by atoms with Crippen LogP contribution in [-0.2, 0) is 9.59 Å². The molecule has 0 aromatic heterocycles. The lowest BCUT2D eigenvalue weighted by Gasteiger charge is -2.22. The first-order valence-corrected chi connectivity index (χ1v) is 7.62. The van der Waals surface area contributed by atoms with Crippen LogP contribution in [-0.4, -0.2) is 43.9 Å². The maximum Gasteiger partial charge on any atom is 0.226 e. The van der Waals surface area contributed by atoms with E-state index in [-0.39, 0.29) is 11.8 Å². The van der Waals surface area contributed by atoms with Crippen LogP contribution in [0.3, 0.4) is 0 Å². The third kappa shape index (κ3) is 6.16. The van der Waals surface area contributed by atoms with Crippen molar-refractivity contribution >= 4 is 23.2 Å². The molecule has 0 aliphatic carbocycles. The summed E-state index contributed by atoms with van der Waals surface area (Å²) >= 11 is 0. The number of carbonyl (C=O) groups is 2. The van der Waals surface area contributed by atoms with E-state index >= 15 is 0 Å². The quantitative estimate of drug-likeness (QED) is 0.842. The highest BCUT2D eigenvalue weighted by molar-refractivity contribution is 5.91. The van der Waals surface area contributed by atoms with E-state index in [1.165, 1.54) is 0 Å². The molecule has 0 spiro atoms. The van der Waals surface area contributed by atoms with Gasteiger partial charge in [-0.05, 0) is 30.2 Å². The Labute approximate surface area is 133 Å². The number of nitrogens with zero attached hydrogens (tertiary/aromatic N) is 2. The second-order valence-electron chi connectivity index (χ2n) is 6.10. The van der Waals surface area contributed by atoms with Crippen LogP contribution in [0.2, 0.25) is 0 Å². The maximum absolute atomic E-state index is 12.0. The molecule has 0 radical (unpaired) electrons. The Kier molecular flexibility index (Phi) is 6.89. The molecule has 0 fully saturated rings. The van der Waals surface area contributed by atoms with Gasteiger partial charge in [0.05, 0.1) is 0 Å². The van der Waals surface area contributed by atoms with Crippen LogP contribution in [0.5, 0.6) is 0 Å². The van der Waals surface area contributed by atoms with Gasteiger partial charge in [-0.2, -0.15) is 0 Å². The van der Waals surface area contributed by atoms with Crippen molar-refractivity contribution in [3.8, 4) is 0 Å². The Morgan fingerprint density at radius 2 is 1.73 bits per heavy atom. The van der Waals surface area contributed by atoms with Crippen LogP contribution >= 0.6 is 0 Å². The lowest BCUT2D eigenvalue weighted by molar-refractivity contribution is -0.129. The molecule has 1 N–H and O–H groups in total. The average Bonchev–Trinajstić information content (AvgIpc) is 2.43. The Bertz CT molecular complexity index is 495. The van der Waals surface area contributed by atoms with Gasteiger partial charge in [-0.15, -0.1) is 0 Å². The Hall–Kier alpha value is -2.04. The van der Waals surface area contributed by atoms with Crippen LogP contribution < -0.4 is 10.2 Å². The molecule has 1 rings (SSSR count). The second-order valence-corrected chi connectivity index (χ2v) is 6.10. The lowest BCUT2D eigenvalue weighted by Crippen LogP contribution is -2.34. The summed E-state index contributed by atoms with van der Waals surface area (Å²) in [5, 5.41) is 2.86. The van der Waals surface area contributed by atoms with Crippen molar-refractivity contribution in [1.29, 1.82) is 0 Å². The van der Waals surface area contributed by atoms with E-state index in [2.05, 4.69) is 19.2 Å². The number of anilines is 2. The summed E-state index contributed by atoms with van der Waals surface area (Å²) in [6, 6.07) is 7.67. The predicted octanol–water partition coefficient (Wildman–Crippen LogP) is 2.59. The number of amides is 2. The first-order valence-electron chi connectivity index (χ1n) is 7.62. The van der Waals surface area contributed by atoms with Crippen molar-refractivity contribution in [2.24, 2.45) is 5.92 Å². The molecule has 0 aliphatic rings. The first-order chi connectivity index (χ1) is 10.3. The van der Waals surface area contributed by atoms with Crippen molar-refractivity contribution in [2.45, 2.75) is 27.2 Å². The third-order valence-electron chi connectivity index (χ3n) is 3.31. The minimum atomic E-state index is -0.0763. The first kappa shape index (κ1) is 18.0. The standard InChI is InChI=1S/C17H27N3O2/c1-13(2)12-20(14(3)21)11-10-17(22)18-15-6-8-16(9-7-15)19(4)5/h6-9,13H,10-12H2,1-5H3,(H,18,22). The molecule has 5 nitrogen and oxygen atoms in total. The summed E-state index contributed by atoms with van der Waals surface area (Å²) in [7, 11) is 3.94. The van der Waals surface area contributed by atoms with Crippen molar-refractivity contribution in [3.05, 3.63) is 24.3 Å². The van der Waals surface area contributed by atoms with Gasteiger partial charge >= 0.3 is 0 Å². The topological polar surface area (TPSA) is 52.7 Å². The molecule has 0 saturated heterocycles. The second kappa shape index (κ2) is 8.41. The number of hydrogen-bond donors (Lipinski definition) is 1. The van der Waals surface area contributed by atoms with Gasteiger partial charge in [-0.1, -0.05) is 13.8 Å². The van der Waals surface area contributed by atoms with Gasteiger partial charge in [-0.3, -0.25) is 9.59 Å². The van der Waals surface area contributed by atoms with Gasteiger partial charge in [0.25, 0.3) is 0 Å². The van der Waals surface area contributed by atoms with Crippen molar-refractivity contribution in [1.82, 2.24) is 4.90 Å². The molecule has 0 unspecified atom stereocenters. The van der Waals surface area contributed by atoms with Crippen LogP contribution in [0.15, 0.2) is 24.3 Å². The molecular weight excluding hydrogens is 278 g/mol. The van der Waals surface area contributed by atoms with Crippen molar-refractivity contribution in [2.75, 3.05) is 37.4 Å². The molecule has 22 heavy (non-hydrogen) atoms. The molecule has 5 heteroatoms. The van der Waals surface area contributed by atoms with E-state index in [4.69, 9.17) is 0 Å². The van der Waals surface area contributed by atoms with Gasteiger partial charge in [0, 0.05) is 51.9 Å². The normalized spacial score (nSPS) is 10.5. The summed E-state index contributed by atoms with van der Waals surface area (Å²) in [6.45, 7) is 6.79. The number of benzene rings is 1. The van der Waals surface area contributed by atoms with Crippen LogP contribution in [0.1, 0.15) is 27.2 Å². The van der Waals surface area contributed by atoms with Crippen molar-refractivity contribution < 1.29 is 9.59 Å². The van der Waals surface area contributed by atoms with E-state index in [0.717, 1.165) is 11.4 Å². The molecular formula is C17H27N3O2. The molecule has 0 heterocycles. The lowest BCUT2D eigenvalue weighted by atomic mass is 10.2. The summed E-state index contributed by atoms with van der Waals surface area (Å²) in [4.78, 5) is 27.2. The van der Waals surface area contributed by atoms with Gasteiger partial charge in [-0.25, -0.2) is 0 Å². The van der Waals surface area contributed by atoms with Gasteiger partial charge in [0.15, 0.2) is 0 Å². The highest BCUT2D eigenvalue weighted by Gasteiger charge is 2.12. The van der Waals surface area contributed by atoms with Crippen LogP contribution in [0, 0.1) is 5.92 Å². The fourth-order valence-electron chi connectivity index (χ4n) is 2.12. The van der Waals surface area contributed by atoms with Crippen LogP contribution in [0.25, 0.3) is 0 Å². The van der Waals surface area contributed by atoms with E-state index < -0.39 is 0 Å². The summed E-state index contributed by atoms with van der Waals surface area (Å²) < 4.78 is 0. The smallest absolute Gasteiger partial charge is 0.226 e. The van der Waals surface area contributed by atoms with Gasteiger partial charge in [0.1, 0.15) is 0 Å². The highest BCUT2D eigenvalue weighted by atomic mass is 16.2. The minimum Gasteiger partial charge on any atom is -0.378 e. The Balaban J connectivity index is 2.49. The fraction of sp³-hybridized carbons (Fsp3) is 0.529. The van der Waals surface area contributed by atoms with Crippen LogP contribution in [0.4, 0.5) is 11.4 Å². The molecule has 1 aromatic rings. The monoisotopic (exact) mass is 305 g/mol. The molecule has 0 atom stereocenters. The number of carbonyl (C=O) groups excluding carboxylic acids is 2. The average molecular weight is 305 g/mol. The predicted molar refractivity (Wildman–Crippen MR) is 91.1 cm³/mol. The number of hydrogen-bond acceptors (Lipinski definition) is 3. The molecule has 0 aliphatic heterocycles. The molecule has 122 valence electrons. The molecule has 0 saturated carbocycles. The molecule has 0 bridgehead atoms. The Morgan fingerprint density at radius 3 is 2.18 bits per heavy atom. The van der Waals surface area contributed by atoms with E-state index in [0.29, 0.717) is 25.4 Å². The van der Waals surface area contributed by atoms with Gasteiger partial charge < -0.3 is 15.1 Å². The maximum atomic E-state index is 12.0. The third-order valence-corrected chi connectivity index (χ3v) is 3.31. The number of rotatable bonds is 7. The number of nitrogens with one attached hydrogen (secondary N) is 1. The SMILES string of the molecule is CC(=O)N(CCC(=O)Nc1ccc(N(C)C)cc1)CC(C)C. The van der Waals surface area contributed by atoms with E-state index in [1.807, 2.05) is 43.3 Å². The van der Waals surface area contributed by atoms with Gasteiger partial charge in [0.2, 0.25) is 11.8 Å². The highest BCUT2D eigenvalue weighted by Crippen LogP contribution is 2.15. The fourth-order valence-corrected chi connectivity index (χ4v) is 2.12. The Morgan fingerprint density at radius 1 is 1.14 bits per heavy atom. The van der Waals surface area contributed by atoms with E-state index in [1.54, 1.807) is 11.8 Å². The zero-order valence-electron chi connectivity index (χ0n) is 14.2. The molecule has 2 amide bonds. The zero-order chi connectivity index (χ0) is 16.7. The summed E-state index contributed by atoms with van der Waals surface area (Å²) in [5.74, 6) is 0.329. The largest absolute Gasteiger partial charge is 0.378 e.